The molecule has 6 heteroatoms. The van der Waals surface area contributed by atoms with Crippen LogP contribution in [0.25, 0.3) is 11.1 Å². The smallest absolute Gasteiger partial charge is 0.411 e. The summed E-state index contributed by atoms with van der Waals surface area (Å²) < 4.78 is 6.73. The molecule has 1 aliphatic heterocycles. The van der Waals surface area contributed by atoms with Gasteiger partial charge in [0.25, 0.3) is 0 Å². The normalized spacial score (nSPS) is 19.5. The predicted octanol–water partition coefficient (Wildman–Crippen LogP) is 5.99. The summed E-state index contributed by atoms with van der Waals surface area (Å²) in [6.45, 7) is 0.169. The number of rotatable bonds is 4. The molecule has 0 unspecified atom stereocenters. The first-order valence-corrected chi connectivity index (χ1v) is 11.5. The van der Waals surface area contributed by atoms with Crippen LogP contribution in [0.4, 0.5) is 4.79 Å². The minimum atomic E-state index is -1.00. The minimum absolute atomic E-state index is 0.0663. The average Bonchev–Trinajstić information content (AvgIpc) is 3.38. The van der Waals surface area contributed by atoms with Crippen LogP contribution in [0.2, 0.25) is 0 Å². The Balaban J connectivity index is 1.39. The van der Waals surface area contributed by atoms with Gasteiger partial charge in [-0.1, -0.05) is 76.6 Å². The second kappa shape index (κ2) is 8.43. The Kier molecular flexibility index (Phi) is 5.47. The summed E-state index contributed by atoms with van der Waals surface area (Å²) in [6, 6.07) is 22.7. The van der Waals surface area contributed by atoms with Gasteiger partial charge < -0.3 is 9.84 Å². The zero-order valence-corrected chi connectivity index (χ0v) is 18.9. The number of ether oxygens (including phenoxy) is 1. The fourth-order valence-corrected chi connectivity index (χ4v) is 5.25. The van der Waals surface area contributed by atoms with E-state index in [-0.39, 0.29) is 18.6 Å². The van der Waals surface area contributed by atoms with E-state index in [0.29, 0.717) is 12.8 Å². The van der Waals surface area contributed by atoms with E-state index in [1.807, 2.05) is 48.5 Å². The molecule has 32 heavy (non-hydrogen) atoms. The molecule has 0 aromatic heterocycles. The number of benzene rings is 3. The number of fused-ring (bicyclic) bond motifs is 3. The summed E-state index contributed by atoms with van der Waals surface area (Å²) >= 11 is 3.42. The molecule has 1 heterocycles. The highest BCUT2D eigenvalue weighted by atomic mass is 79.9. The molecule has 1 aliphatic carbocycles. The Labute approximate surface area is 194 Å². The number of nitrogens with zero attached hydrogens (tertiary/aromatic N) is 1. The zero-order valence-electron chi connectivity index (χ0n) is 17.3. The molecule has 3 aromatic carbocycles. The van der Waals surface area contributed by atoms with Crippen molar-refractivity contribution in [1.82, 2.24) is 4.90 Å². The molecule has 1 N–H and O–H groups in total. The van der Waals surface area contributed by atoms with Crippen LogP contribution in [0.1, 0.15) is 41.5 Å². The third-order valence-corrected chi connectivity index (χ3v) is 7.00. The average molecular weight is 492 g/mol. The molecule has 3 aromatic rings. The SMILES string of the molecule is O=C(O)[C@@H]1CC[C@H](c2ccc(Br)cc2)N1C(=O)OCC1c2ccccc2-c2ccccc21. The fraction of sp³-hybridized carbons (Fsp3) is 0.231. The van der Waals surface area contributed by atoms with Gasteiger partial charge in [0.1, 0.15) is 12.6 Å². The van der Waals surface area contributed by atoms with Crippen molar-refractivity contribution >= 4 is 28.0 Å². The zero-order chi connectivity index (χ0) is 22.2. The molecule has 1 amide bonds. The van der Waals surface area contributed by atoms with Gasteiger partial charge in [-0.15, -0.1) is 0 Å². The molecule has 0 radical (unpaired) electrons. The lowest BCUT2D eigenvalue weighted by Crippen LogP contribution is -2.42. The third kappa shape index (κ3) is 3.58. The van der Waals surface area contributed by atoms with E-state index in [0.717, 1.165) is 32.3 Å². The van der Waals surface area contributed by atoms with Gasteiger partial charge in [0, 0.05) is 10.4 Å². The van der Waals surface area contributed by atoms with Gasteiger partial charge in [0.2, 0.25) is 0 Å². The first-order valence-electron chi connectivity index (χ1n) is 10.7. The lowest BCUT2D eigenvalue weighted by atomic mass is 9.98. The predicted molar refractivity (Wildman–Crippen MR) is 124 cm³/mol. The summed E-state index contributed by atoms with van der Waals surface area (Å²) in [5.41, 5.74) is 5.47. The lowest BCUT2D eigenvalue weighted by molar-refractivity contribution is -0.142. The molecule has 0 saturated carbocycles. The lowest BCUT2D eigenvalue weighted by Gasteiger charge is -2.28. The standard InChI is InChI=1S/C26H22BrNO4/c27-17-11-9-16(10-12-17)23-13-14-24(25(29)30)28(23)26(31)32-15-22-20-7-3-1-5-18(20)19-6-2-4-8-21(19)22/h1-12,22-24H,13-15H2,(H,29,30)/t23-,24+/m1/s1. The van der Waals surface area contributed by atoms with Crippen molar-refractivity contribution in [3.8, 4) is 11.1 Å². The molecule has 162 valence electrons. The maximum absolute atomic E-state index is 13.2. The third-order valence-electron chi connectivity index (χ3n) is 6.47. The van der Waals surface area contributed by atoms with Gasteiger partial charge in [-0.3, -0.25) is 4.90 Å². The second-order valence-electron chi connectivity index (χ2n) is 8.21. The van der Waals surface area contributed by atoms with E-state index in [1.165, 1.54) is 4.90 Å². The summed E-state index contributed by atoms with van der Waals surface area (Å²) in [5.74, 6) is -1.07. The number of aliphatic carboxylic acids is 1. The second-order valence-corrected chi connectivity index (χ2v) is 9.13. The Morgan fingerprint density at radius 3 is 2.09 bits per heavy atom. The first-order chi connectivity index (χ1) is 15.5. The molecule has 1 saturated heterocycles. The van der Waals surface area contributed by atoms with Crippen molar-refractivity contribution in [2.75, 3.05) is 6.61 Å². The fourth-order valence-electron chi connectivity index (χ4n) is 4.99. The Hall–Kier alpha value is -3.12. The van der Waals surface area contributed by atoms with Gasteiger partial charge in [0.15, 0.2) is 0 Å². The molecule has 5 nitrogen and oxygen atoms in total. The summed E-state index contributed by atoms with van der Waals surface area (Å²) in [6.07, 6.45) is 0.410. The molecular formula is C26H22BrNO4. The molecular weight excluding hydrogens is 470 g/mol. The van der Waals surface area contributed by atoms with E-state index >= 15 is 0 Å². The van der Waals surface area contributed by atoms with Crippen LogP contribution in [0.5, 0.6) is 0 Å². The number of carboxylic acids is 1. The highest BCUT2D eigenvalue weighted by molar-refractivity contribution is 9.10. The number of likely N-dealkylation sites (tertiary alicyclic amines) is 1. The molecule has 1 fully saturated rings. The maximum Gasteiger partial charge on any atom is 0.411 e. The number of carbonyl (C=O) groups is 2. The number of amides is 1. The van der Waals surface area contributed by atoms with Gasteiger partial charge in [-0.05, 0) is 52.8 Å². The molecule has 2 aliphatic rings. The first kappa shape index (κ1) is 20.8. The Morgan fingerprint density at radius 2 is 1.50 bits per heavy atom. The highest BCUT2D eigenvalue weighted by Gasteiger charge is 2.43. The van der Waals surface area contributed by atoms with Crippen LogP contribution in [-0.2, 0) is 9.53 Å². The number of carbonyl (C=O) groups excluding carboxylic acids is 1. The number of halogens is 1. The summed E-state index contributed by atoms with van der Waals surface area (Å²) in [5, 5.41) is 9.72. The van der Waals surface area contributed by atoms with Crippen molar-refractivity contribution in [3.05, 3.63) is 94.0 Å². The van der Waals surface area contributed by atoms with Crippen LogP contribution in [0.3, 0.4) is 0 Å². The van der Waals surface area contributed by atoms with Crippen LogP contribution < -0.4 is 0 Å². The van der Waals surface area contributed by atoms with E-state index < -0.39 is 18.1 Å². The van der Waals surface area contributed by atoms with Gasteiger partial charge >= 0.3 is 12.1 Å². The minimum Gasteiger partial charge on any atom is -0.480 e. The van der Waals surface area contributed by atoms with Crippen LogP contribution >= 0.6 is 15.9 Å². The molecule has 2 atom stereocenters. The van der Waals surface area contributed by atoms with Crippen molar-refractivity contribution in [1.29, 1.82) is 0 Å². The van der Waals surface area contributed by atoms with Crippen molar-refractivity contribution in [3.63, 3.8) is 0 Å². The quantitative estimate of drug-likeness (QED) is 0.486. The Bertz CT molecular complexity index is 1130. The summed E-state index contributed by atoms with van der Waals surface area (Å²) in [7, 11) is 0. The van der Waals surface area contributed by atoms with Crippen LogP contribution in [-0.4, -0.2) is 34.7 Å². The Morgan fingerprint density at radius 1 is 0.906 bits per heavy atom. The van der Waals surface area contributed by atoms with E-state index in [4.69, 9.17) is 4.74 Å². The van der Waals surface area contributed by atoms with Gasteiger partial charge in [0.05, 0.1) is 6.04 Å². The van der Waals surface area contributed by atoms with Gasteiger partial charge in [-0.25, -0.2) is 9.59 Å². The van der Waals surface area contributed by atoms with E-state index in [2.05, 4.69) is 40.2 Å². The van der Waals surface area contributed by atoms with E-state index in [1.54, 1.807) is 0 Å². The number of hydrogen-bond donors (Lipinski definition) is 1. The molecule has 0 bridgehead atoms. The van der Waals surface area contributed by atoms with Crippen LogP contribution in [0.15, 0.2) is 77.3 Å². The van der Waals surface area contributed by atoms with Crippen molar-refractivity contribution in [2.45, 2.75) is 30.8 Å². The van der Waals surface area contributed by atoms with Crippen molar-refractivity contribution in [2.24, 2.45) is 0 Å². The number of carboxylic acid groups (broad SMARTS) is 1. The van der Waals surface area contributed by atoms with E-state index in [9.17, 15) is 14.7 Å². The molecule has 0 spiro atoms. The van der Waals surface area contributed by atoms with Crippen molar-refractivity contribution < 1.29 is 19.4 Å². The topological polar surface area (TPSA) is 66.8 Å². The monoisotopic (exact) mass is 491 g/mol. The van der Waals surface area contributed by atoms with Gasteiger partial charge in [-0.2, -0.15) is 0 Å². The largest absolute Gasteiger partial charge is 0.480 e. The highest BCUT2D eigenvalue weighted by Crippen LogP contribution is 2.45. The van der Waals surface area contributed by atoms with Crippen LogP contribution in [0, 0.1) is 0 Å². The molecule has 5 rings (SSSR count). The summed E-state index contributed by atoms with van der Waals surface area (Å²) in [4.78, 5) is 26.5. The number of hydrogen-bond acceptors (Lipinski definition) is 3. The maximum atomic E-state index is 13.2.